The van der Waals surface area contributed by atoms with E-state index in [0.717, 1.165) is 35.2 Å². The van der Waals surface area contributed by atoms with Gasteiger partial charge in [-0.05, 0) is 42.2 Å². The third-order valence-corrected chi connectivity index (χ3v) is 6.31. The zero-order valence-corrected chi connectivity index (χ0v) is 18.0. The molecule has 0 radical (unpaired) electrons. The summed E-state index contributed by atoms with van der Waals surface area (Å²) in [4.78, 5) is 18.7. The molecule has 1 saturated heterocycles. The summed E-state index contributed by atoms with van der Waals surface area (Å²) >= 11 is 13.0. The number of aromatic nitrogens is 2. The van der Waals surface area contributed by atoms with Crippen molar-refractivity contribution in [3.05, 3.63) is 62.5 Å². The minimum atomic E-state index is -0.155. The summed E-state index contributed by atoms with van der Waals surface area (Å²) in [5.41, 5.74) is 4.56. The first kappa shape index (κ1) is 19.8. The Morgan fingerprint density at radius 3 is 2.69 bits per heavy atom. The number of carbonyl (C=O) groups excluding carboxylic acids is 1. The standard InChI is InChI=1S/C22H20Cl2N4O/c1-12-10-28(11-12)22(29)21-20(24)17(18(23)9-26-21)7-15-6-16-13(2)4-14(8-25)5-19(16)27(15)3/h4-6,9,12H,7,10-11H2,1-3H3. The molecule has 1 aromatic carbocycles. The number of pyridine rings is 1. The van der Waals surface area contributed by atoms with E-state index in [4.69, 9.17) is 23.2 Å². The van der Waals surface area contributed by atoms with E-state index in [0.29, 0.717) is 33.5 Å². The van der Waals surface area contributed by atoms with Crippen LogP contribution in [0.1, 0.15) is 39.8 Å². The number of halogens is 2. The van der Waals surface area contributed by atoms with Crippen molar-refractivity contribution < 1.29 is 4.79 Å². The molecule has 5 nitrogen and oxygen atoms in total. The lowest BCUT2D eigenvalue weighted by molar-refractivity contribution is 0.0524. The van der Waals surface area contributed by atoms with E-state index < -0.39 is 0 Å². The predicted octanol–water partition coefficient (Wildman–Crippen LogP) is 4.74. The lowest BCUT2D eigenvalue weighted by atomic mass is 10.0. The molecule has 1 aliphatic heterocycles. The Morgan fingerprint density at radius 1 is 1.31 bits per heavy atom. The molecule has 0 saturated carbocycles. The van der Waals surface area contributed by atoms with Gasteiger partial charge in [-0.1, -0.05) is 30.1 Å². The van der Waals surface area contributed by atoms with Gasteiger partial charge in [0.1, 0.15) is 5.69 Å². The summed E-state index contributed by atoms with van der Waals surface area (Å²) in [5, 5.41) is 11.1. The van der Waals surface area contributed by atoms with Crippen LogP contribution in [0, 0.1) is 24.2 Å². The Labute approximate surface area is 179 Å². The Hall–Kier alpha value is -2.55. The molecular formula is C22H20Cl2N4O. The van der Waals surface area contributed by atoms with E-state index in [2.05, 4.69) is 24.0 Å². The molecule has 0 bridgehead atoms. The van der Waals surface area contributed by atoms with E-state index in [9.17, 15) is 10.1 Å². The fourth-order valence-corrected chi connectivity index (χ4v) is 4.46. The highest BCUT2D eigenvalue weighted by Gasteiger charge is 2.31. The first-order valence-corrected chi connectivity index (χ1v) is 10.2. The van der Waals surface area contributed by atoms with Crippen molar-refractivity contribution in [1.29, 1.82) is 5.26 Å². The molecule has 0 unspecified atom stereocenters. The summed E-state index contributed by atoms with van der Waals surface area (Å²) in [6.45, 7) is 5.53. The van der Waals surface area contributed by atoms with Crippen LogP contribution in [0.25, 0.3) is 10.9 Å². The first-order chi connectivity index (χ1) is 13.8. The van der Waals surface area contributed by atoms with Crippen LogP contribution in [0.15, 0.2) is 24.4 Å². The number of rotatable bonds is 3. The molecule has 2 aromatic heterocycles. The molecule has 1 aliphatic rings. The van der Waals surface area contributed by atoms with E-state index in [-0.39, 0.29) is 11.6 Å². The van der Waals surface area contributed by atoms with Crippen molar-refractivity contribution in [3.8, 4) is 6.07 Å². The number of fused-ring (bicyclic) bond motifs is 1. The van der Waals surface area contributed by atoms with Gasteiger partial charge >= 0.3 is 0 Å². The number of amides is 1. The molecule has 3 aromatic rings. The van der Waals surface area contributed by atoms with Crippen LogP contribution in [0.5, 0.6) is 0 Å². The van der Waals surface area contributed by atoms with Gasteiger partial charge in [0.05, 0.1) is 21.7 Å². The minimum absolute atomic E-state index is 0.155. The Balaban J connectivity index is 1.74. The van der Waals surface area contributed by atoms with Gasteiger partial charge in [-0.2, -0.15) is 5.26 Å². The molecular weight excluding hydrogens is 407 g/mol. The number of benzene rings is 1. The smallest absolute Gasteiger partial charge is 0.274 e. The highest BCUT2D eigenvalue weighted by atomic mass is 35.5. The maximum absolute atomic E-state index is 12.7. The van der Waals surface area contributed by atoms with Crippen LogP contribution < -0.4 is 0 Å². The van der Waals surface area contributed by atoms with Crippen molar-refractivity contribution >= 4 is 40.0 Å². The van der Waals surface area contributed by atoms with Crippen LogP contribution in [-0.4, -0.2) is 33.4 Å². The Morgan fingerprint density at radius 2 is 2.03 bits per heavy atom. The molecule has 29 heavy (non-hydrogen) atoms. The second kappa shape index (κ2) is 7.37. The van der Waals surface area contributed by atoms with Gasteiger partial charge in [-0.3, -0.25) is 4.79 Å². The second-order valence-electron chi connectivity index (χ2n) is 7.77. The summed E-state index contributed by atoms with van der Waals surface area (Å²) < 4.78 is 2.04. The van der Waals surface area contributed by atoms with Crippen molar-refractivity contribution in [1.82, 2.24) is 14.5 Å². The van der Waals surface area contributed by atoms with Crippen molar-refractivity contribution in [2.24, 2.45) is 13.0 Å². The van der Waals surface area contributed by atoms with Crippen LogP contribution in [0.4, 0.5) is 0 Å². The molecule has 0 N–H and O–H groups in total. The molecule has 3 heterocycles. The van der Waals surface area contributed by atoms with Crippen molar-refractivity contribution in [2.45, 2.75) is 20.3 Å². The van der Waals surface area contributed by atoms with Gasteiger partial charge in [-0.15, -0.1) is 0 Å². The summed E-state index contributed by atoms with van der Waals surface area (Å²) in [6, 6.07) is 8.04. The fourth-order valence-electron chi connectivity index (χ4n) is 3.91. The monoisotopic (exact) mass is 426 g/mol. The van der Waals surface area contributed by atoms with Gasteiger partial charge in [0.2, 0.25) is 0 Å². The highest BCUT2D eigenvalue weighted by Crippen LogP contribution is 2.32. The molecule has 0 aliphatic carbocycles. The number of hydrogen-bond donors (Lipinski definition) is 0. The topological polar surface area (TPSA) is 61.9 Å². The highest BCUT2D eigenvalue weighted by molar-refractivity contribution is 6.37. The third-order valence-electron chi connectivity index (χ3n) is 5.58. The molecule has 148 valence electrons. The molecule has 0 atom stereocenters. The fraction of sp³-hybridized carbons (Fsp3) is 0.318. The number of hydrogen-bond acceptors (Lipinski definition) is 3. The number of nitriles is 1. The maximum Gasteiger partial charge on any atom is 0.274 e. The van der Waals surface area contributed by atoms with Crippen molar-refractivity contribution in [2.75, 3.05) is 13.1 Å². The van der Waals surface area contributed by atoms with E-state index >= 15 is 0 Å². The lowest BCUT2D eigenvalue weighted by Crippen LogP contribution is -2.49. The van der Waals surface area contributed by atoms with Crippen LogP contribution >= 0.6 is 23.2 Å². The molecule has 4 rings (SSSR count). The van der Waals surface area contributed by atoms with Gasteiger partial charge in [-0.25, -0.2) is 4.98 Å². The molecule has 7 heteroatoms. The average Bonchev–Trinajstić information content (AvgIpc) is 2.98. The predicted molar refractivity (Wildman–Crippen MR) is 115 cm³/mol. The number of likely N-dealkylation sites (tertiary alicyclic amines) is 1. The minimum Gasteiger partial charge on any atom is -0.347 e. The van der Waals surface area contributed by atoms with Crippen LogP contribution in [-0.2, 0) is 13.5 Å². The van der Waals surface area contributed by atoms with Gasteiger partial charge in [0.15, 0.2) is 0 Å². The zero-order valence-electron chi connectivity index (χ0n) is 16.5. The maximum atomic E-state index is 12.7. The zero-order chi connectivity index (χ0) is 20.9. The lowest BCUT2D eigenvalue weighted by Gasteiger charge is -2.37. The number of carbonyl (C=O) groups is 1. The van der Waals surface area contributed by atoms with Gasteiger partial charge in [0.25, 0.3) is 5.91 Å². The Kier molecular flexibility index (Phi) is 5.02. The third kappa shape index (κ3) is 3.37. The SMILES string of the molecule is Cc1cc(C#N)cc2c1cc(Cc1c(Cl)cnc(C(=O)N3CC(C)C3)c1Cl)n2C. The van der Waals surface area contributed by atoms with Gasteiger partial charge in [0, 0.05) is 49.4 Å². The summed E-state index contributed by atoms with van der Waals surface area (Å²) in [6.07, 6.45) is 1.96. The quantitative estimate of drug-likeness (QED) is 0.607. The summed E-state index contributed by atoms with van der Waals surface area (Å²) in [7, 11) is 1.95. The average molecular weight is 427 g/mol. The van der Waals surface area contributed by atoms with Crippen LogP contribution in [0.3, 0.4) is 0 Å². The first-order valence-electron chi connectivity index (χ1n) is 9.41. The Bertz CT molecular complexity index is 1190. The molecule has 0 spiro atoms. The van der Waals surface area contributed by atoms with Crippen molar-refractivity contribution in [3.63, 3.8) is 0 Å². The molecule has 1 amide bonds. The molecule has 1 fully saturated rings. The van der Waals surface area contributed by atoms with Gasteiger partial charge < -0.3 is 9.47 Å². The number of nitrogens with zero attached hydrogens (tertiary/aromatic N) is 4. The van der Waals surface area contributed by atoms with E-state index in [1.165, 1.54) is 6.20 Å². The normalized spacial score (nSPS) is 14.1. The number of aryl methyl sites for hydroxylation is 2. The summed E-state index contributed by atoms with van der Waals surface area (Å²) in [5.74, 6) is 0.347. The largest absolute Gasteiger partial charge is 0.347 e. The second-order valence-corrected chi connectivity index (χ2v) is 8.56. The van der Waals surface area contributed by atoms with E-state index in [1.807, 2.05) is 30.7 Å². The van der Waals surface area contributed by atoms with E-state index in [1.54, 1.807) is 4.90 Å². The van der Waals surface area contributed by atoms with Crippen LogP contribution in [0.2, 0.25) is 10.0 Å².